The van der Waals surface area contributed by atoms with E-state index in [9.17, 15) is 0 Å². The molecule has 0 atom stereocenters. The molecule has 0 spiro atoms. The minimum Gasteiger partial charge on any atom is -0.476 e. The third kappa shape index (κ3) is 4.56. The molecule has 0 aromatic carbocycles. The summed E-state index contributed by atoms with van der Waals surface area (Å²) >= 11 is 0. The largest absolute Gasteiger partial charge is 0.476 e. The zero-order chi connectivity index (χ0) is 15.2. The summed E-state index contributed by atoms with van der Waals surface area (Å²) in [4.78, 5) is 11.5. The van der Waals surface area contributed by atoms with Crippen LogP contribution in [0.5, 0.6) is 5.88 Å². The SMILES string of the molecule is CCCNc1nc(CC)nc(OCCN(C)C2CC2)c1C. The summed E-state index contributed by atoms with van der Waals surface area (Å²) in [7, 11) is 2.17. The number of ether oxygens (including phenoxy) is 1. The predicted octanol–water partition coefficient (Wildman–Crippen LogP) is 2.64. The Bertz CT molecular complexity index is 460. The van der Waals surface area contributed by atoms with Gasteiger partial charge < -0.3 is 15.0 Å². The van der Waals surface area contributed by atoms with Crippen LogP contribution in [0.15, 0.2) is 0 Å². The molecule has 0 unspecified atom stereocenters. The standard InChI is InChI=1S/C16H28N4O/c1-5-9-17-15-12(3)16(19-14(6-2)18-15)21-11-10-20(4)13-7-8-13/h13H,5-11H2,1-4H3,(H,17,18,19). The Morgan fingerprint density at radius 1 is 1.29 bits per heavy atom. The Balaban J connectivity index is 1.98. The highest BCUT2D eigenvalue weighted by Crippen LogP contribution is 2.25. The van der Waals surface area contributed by atoms with Crippen LogP contribution < -0.4 is 10.1 Å². The molecule has 1 aliphatic rings. The number of anilines is 1. The van der Waals surface area contributed by atoms with E-state index in [1.54, 1.807) is 0 Å². The van der Waals surface area contributed by atoms with Crippen molar-refractivity contribution in [1.82, 2.24) is 14.9 Å². The van der Waals surface area contributed by atoms with Crippen LogP contribution >= 0.6 is 0 Å². The Morgan fingerprint density at radius 3 is 2.67 bits per heavy atom. The van der Waals surface area contributed by atoms with Crippen LogP contribution in [0.4, 0.5) is 5.82 Å². The minimum absolute atomic E-state index is 0.682. The first-order valence-corrected chi connectivity index (χ1v) is 8.10. The van der Waals surface area contributed by atoms with E-state index in [1.807, 2.05) is 6.92 Å². The van der Waals surface area contributed by atoms with Gasteiger partial charge in [-0.3, -0.25) is 0 Å². The average Bonchev–Trinajstić information content (AvgIpc) is 3.32. The molecule has 1 N–H and O–H groups in total. The maximum atomic E-state index is 5.92. The smallest absolute Gasteiger partial charge is 0.221 e. The number of hydrogen-bond donors (Lipinski definition) is 1. The first kappa shape index (κ1) is 16.0. The number of aryl methyl sites for hydroxylation is 1. The van der Waals surface area contributed by atoms with E-state index < -0.39 is 0 Å². The molecule has 1 aliphatic carbocycles. The number of nitrogens with zero attached hydrogens (tertiary/aromatic N) is 3. The molecule has 2 rings (SSSR count). The quantitative estimate of drug-likeness (QED) is 0.758. The van der Waals surface area contributed by atoms with Crippen molar-refractivity contribution in [3.05, 3.63) is 11.4 Å². The molecule has 0 bridgehead atoms. The fourth-order valence-corrected chi connectivity index (χ4v) is 2.24. The van der Waals surface area contributed by atoms with Gasteiger partial charge in [0.15, 0.2) is 0 Å². The van der Waals surface area contributed by atoms with Crippen molar-refractivity contribution < 1.29 is 4.74 Å². The molecule has 1 saturated carbocycles. The Kier molecular flexibility index (Phi) is 5.79. The number of hydrogen-bond acceptors (Lipinski definition) is 5. The third-order valence-electron chi connectivity index (χ3n) is 3.86. The maximum Gasteiger partial charge on any atom is 0.221 e. The van der Waals surface area contributed by atoms with Gasteiger partial charge in [-0.25, -0.2) is 4.98 Å². The molecule has 0 saturated heterocycles. The topological polar surface area (TPSA) is 50.3 Å². The highest BCUT2D eigenvalue weighted by atomic mass is 16.5. The van der Waals surface area contributed by atoms with Crippen LogP contribution in [-0.4, -0.2) is 47.7 Å². The number of likely N-dealkylation sites (N-methyl/N-ethyl adjacent to an activating group) is 1. The van der Waals surface area contributed by atoms with Crippen molar-refractivity contribution in [1.29, 1.82) is 0 Å². The van der Waals surface area contributed by atoms with Crippen LogP contribution in [0, 0.1) is 6.92 Å². The van der Waals surface area contributed by atoms with Gasteiger partial charge in [0.25, 0.3) is 0 Å². The van der Waals surface area contributed by atoms with Gasteiger partial charge in [0.05, 0.1) is 5.56 Å². The molecular weight excluding hydrogens is 264 g/mol. The van der Waals surface area contributed by atoms with Gasteiger partial charge in [0, 0.05) is 25.6 Å². The van der Waals surface area contributed by atoms with Crippen LogP contribution in [0.3, 0.4) is 0 Å². The van der Waals surface area contributed by atoms with Gasteiger partial charge in [0.1, 0.15) is 18.2 Å². The lowest BCUT2D eigenvalue weighted by molar-refractivity contribution is 0.225. The van der Waals surface area contributed by atoms with E-state index in [4.69, 9.17) is 4.74 Å². The second kappa shape index (κ2) is 7.59. The summed E-state index contributed by atoms with van der Waals surface area (Å²) in [5.41, 5.74) is 1.01. The molecule has 1 aromatic rings. The average molecular weight is 292 g/mol. The molecule has 5 nitrogen and oxygen atoms in total. The van der Waals surface area contributed by atoms with Crippen LogP contribution in [0.1, 0.15) is 44.5 Å². The molecule has 1 aromatic heterocycles. The van der Waals surface area contributed by atoms with Crippen molar-refractivity contribution in [2.45, 2.75) is 52.5 Å². The monoisotopic (exact) mass is 292 g/mol. The van der Waals surface area contributed by atoms with Gasteiger partial charge in [0.2, 0.25) is 5.88 Å². The summed E-state index contributed by atoms with van der Waals surface area (Å²) in [6.45, 7) is 8.80. The van der Waals surface area contributed by atoms with Gasteiger partial charge in [-0.2, -0.15) is 4.98 Å². The predicted molar refractivity (Wildman–Crippen MR) is 86.1 cm³/mol. The molecule has 21 heavy (non-hydrogen) atoms. The first-order chi connectivity index (χ1) is 10.2. The highest BCUT2D eigenvalue weighted by Gasteiger charge is 2.25. The van der Waals surface area contributed by atoms with E-state index in [2.05, 4.69) is 41.1 Å². The molecule has 0 aliphatic heterocycles. The van der Waals surface area contributed by atoms with Crippen molar-refractivity contribution in [2.24, 2.45) is 0 Å². The molecule has 0 radical (unpaired) electrons. The number of nitrogens with one attached hydrogen (secondary N) is 1. The molecule has 118 valence electrons. The normalized spacial score (nSPS) is 14.5. The fraction of sp³-hybridized carbons (Fsp3) is 0.750. The minimum atomic E-state index is 0.682. The maximum absolute atomic E-state index is 5.92. The number of rotatable bonds is 9. The summed E-state index contributed by atoms with van der Waals surface area (Å²) in [6, 6.07) is 0.771. The van der Waals surface area contributed by atoms with Gasteiger partial charge in [-0.05, 0) is 33.2 Å². The van der Waals surface area contributed by atoms with Crippen molar-refractivity contribution in [3.8, 4) is 5.88 Å². The van der Waals surface area contributed by atoms with Gasteiger partial charge in [-0.1, -0.05) is 13.8 Å². The summed E-state index contributed by atoms with van der Waals surface area (Å²) in [5.74, 6) is 2.48. The lowest BCUT2D eigenvalue weighted by Crippen LogP contribution is -2.26. The molecule has 1 heterocycles. The summed E-state index contributed by atoms with van der Waals surface area (Å²) in [5, 5.41) is 3.36. The Morgan fingerprint density at radius 2 is 2.05 bits per heavy atom. The third-order valence-corrected chi connectivity index (χ3v) is 3.86. The molecule has 5 heteroatoms. The lowest BCUT2D eigenvalue weighted by atomic mass is 10.3. The van der Waals surface area contributed by atoms with Crippen LogP contribution in [0.25, 0.3) is 0 Å². The van der Waals surface area contributed by atoms with E-state index in [0.29, 0.717) is 6.61 Å². The molecular formula is C16H28N4O. The van der Waals surface area contributed by atoms with E-state index >= 15 is 0 Å². The lowest BCUT2D eigenvalue weighted by Gasteiger charge is -2.17. The molecule has 0 amide bonds. The highest BCUT2D eigenvalue weighted by molar-refractivity contribution is 5.48. The first-order valence-electron chi connectivity index (χ1n) is 8.10. The van der Waals surface area contributed by atoms with Crippen molar-refractivity contribution >= 4 is 5.82 Å². The molecule has 1 fully saturated rings. The van der Waals surface area contributed by atoms with E-state index in [-0.39, 0.29) is 0 Å². The van der Waals surface area contributed by atoms with E-state index in [0.717, 1.165) is 55.1 Å². The zero-order valence-electron chi connectivity index (χ0n) is 13.8. The van der Waals surface area contributed by atoms with Crippen LogP contribution in [-0.2, 0) is 6.42 Å². The van der Waals surface area contributed by atoms with E-state index in [1.165, 1.54) is 12.8 Å². The zero-order valence-corrected chi connectivity index (χ0v) is 13.8. The summed E-state index contributed by atoms with van der Waals surface area (Å²) in [6.07, 6.45) is 4.55. The van der Waals surface area contributed by atoms with Gasteiger partial charge >= 0.3 is 0 Å². The summed E-state index contributed by atoms with van der Waals surface area (Å²) < 4.78 is 5.92. The second-order valence-electron chi connectivity index (χ2n) is 5.76. The number of aromatic nitrogens is 2. The Hall–Kier alpha value is -1.36. The second-order valence-corrected chi connectivity index (χ2v) is 5.76. The van der Waals surface area contributed by atoms with Crippen LogP contribution in [0.2, 0.25) is 0 Å². The van der Waals surface area contributed by atoms with Crippen molar-refractivity contribution in [3.63, 3.8) is 0 Å². The fourth-order valence-electron chi connectivity index (χ4n) is 2.24. The van der Waals surface area contributed by atoms with Crippen molar-refractivity contribution in [2.75, 3.05) is 32.1 Å². The van der Waals surface area contributed by atoms with Gasteiger partial charge in [-0.15, -0.1) is 0 Å². The Labute approximate surface area is 128 Å².